The molecule has 5 radical (unpaired) electrons. The fraction of sp³-hybridized carbons (Fsp3) is 0.581. The van der Waals surface area contributed by atoms with E-state index in [0.29, 0.717) is 11.8 Å². The molecule has 1 aromatic carbocycles. The topological polar surface area (TPSA) is 71.4 Å². The van der Waals surface area contributed by atoms with Crippen molar-refractivity contribution in [3.63, 3.8) is 0 Å². The number of hydrogen-bond donors (Lipinski definition) is 0. The molecule has 0 bridgehead atoms. The minimum Gasteiger partial charge on any atom is -0.668 e. The maximum Gasteiger partial charge on any atom is 4.00 e. The first-order chi connectivity index (χ1) is 17.8. The summed E-state index contributed by atoms with van der Waals surface area (Å²) in [5.41, 5.74) is 0.324. The van der Waals surface area contributed by atoms with Crippen molar-refractivity contribution in [2.75, 3.05) is 28.2 Å². The summed E-state index contributed by atoms with van der Waals surface area (Å²) in [4.78, 5) is 10.5. The first-order valence-corrected chi connectivity index (χ1v) is 13.8. The van der Waals surface area contributed by atoms with Crippen LogP contribution in [0.25, 0.3) is 10.6 Å². The van der Waals surface area contributed by atoms with E-state index < -0.39 is 17.3 Å². The standard InChI is InChI=1S/C27H37BN2O2.2C2H6N.Zr/c1-18(2)22-26(5,6)31-24(29-22)28(21-16-12-13-17-21,20-14-10-9-11-15-20)25-30-23(19(3)4)27(7,8)32-25;2*1-3-2;/h9-19,22-23H,1-8H3;2*1-2H3;/q3*-1;+4/t22-,23-;;;/m0.../s1. The van der Waals surface area contributed by atoms with Crippen LogP contribution in [0.2, 0.25) is 0 Å². The van der Waals surface area contributed by atoms with E-state index in [9.17, 15) is 0 Å². The van der Waals surface area contributed by atoms with Gasteiger partial charge in [-0.25, -0.2) is 0 Å². The number of hydrogen-bond acceptors (Lipinski definition) is 4. The minimum atomic E-state index is -1.77. The van der Waals surface area contributed by atoms with Gasteiger partial charge >= 0.3 is 26.2 Å². The molecule has 0 amide bonds. The molecule has 0 unspecified atom stereocenters. The number of benzene rings is 1. The number of rotatable bonds is 6. The van der Waals surface area contributed by atoms with Gasteiger partial charge in [-0.05, 0) is 52.4 Å². The largest absolute Gasteiger partial charge is 4.00 e. The maximum absolute atomic E-state index is 6.76. The Balaban J connectivity index is 0.000000997. The van der Waals surface area contributed by atoms with Crippen LogP contribution in [-0.2, 0) is 35.7 Å². The molecular formula is C31H49BN4O2Zr+. The van der Waals surface area contributed by atoms with Crippen LogP contribution in [0, 0.1) is 43.3 Å². The molecule has 0 N–H and O–H groups in total. The van der Waals surface area contributed by atoms with Gasteiger partial charge in [0.25, 0.3) is 0 Å². The SMILES string of the molecule is CC(C)[C@@H]1N=C([B-]([C]2[CH][CH][CH][CH]2)(C2=N[C@@H](C(C)C)C(C)(C)O2)c2ccccc2)OC1(C)C.C[N-]C.C[N-]C.[Zr+4]. The number of nitrogens with zero attached hydrogens (tertiary/aromatic N) is 4. The fourth-order valence-corrected chi connectivity index (χ4v) is 5.89. The van der Waals surface area contributed by atoms with Crippen molar-refractivity contribution in [1.82, 2.24) is 0 Å². The summed E-state index contributed by atoms with van der Waals surface area (Å²) in [6.45, 7) is 17.4. The average molecular weight is 612 g/mol. The van der Waals surface area contributed by atoms with Crippen molar-refractivity contribution in [2.24, 2.45) is 21.8 Å². The molecule has 211 valence electrons. The number of aliphatic imine (C=N–C) groups is 2. The zero-order valence-electron chi connectivity index (χ0n) is 26.2. The van der Waals surface area contributed by atoms with Crippen LogP contribution in [0.3, 0.4) is 0 Å². The molecule has 1 fully saturated rings. The molecule has 0 aromatic heterocycles. The van der Waals surface area contributed by atoms with Crippen molar-refractivity contribution >= 4 is 23.2 Å². The van der Waals surface area contributed by atoms with Crippen LogP contribution in [0.15, 0.2) is 40.3 Å². The van der Waals surface area contributed by atoms with Crippen LogP contribution >= 0.6 is 0 Å². The van der Waals surface area contributed by atoms with Crippen LogP contribution in [-0.4, -0.2) is 69.2 Å². The second-order valence-corrected chi connectivity index (χ2v) is 12.1. The average Bonchev–Trinajstić information content (AvgIpc) is 3.54. The summed E-state index contributed by atoms with van der Waals surface area (Å²) >= 11 is 0. The van der Waals surface area contributed by atoms with E-state index in [0.717, 1.165) is 22.9 Å². The van der Waals surface area contributed by atoms with E-state index in [1.54, 1.807) is 28.2 Å². The summed E-state index contributed by atoms with van der Waals surface area (Å²) in [5, 5.41) is 7.00. The molecule has 0 saturated heterocycles. The molecule has 2 heterocycles. The van der Waals surface area contributed by atoms with Gasteiger partial charge in [-0.3, -0.25) is 9.98 Å². The van der Waals surface area contributed by atoms with E-state index in [-0.39, 0.29) is 38.3 Å². The molecule has 1 aliphatic carbocycles. The molecule has 2 atom stereocenters. The van der Waals surface area contributed by atoms with E-state index in [1.165, 1.54) is 0 Å². The molecule has 1 aromatic rings. The molecule has 3 aliphatic rings. The zero-order chi connectivity index (χ0) is 28.7. The molecule has 8 heteroatoms. The quantitative estimate of drug-likeness (QED) is 0.367. The van der Waals surface area contributed by atoms with E-state index >= 15 is 0 Å². The molecule has 4 rings (SSSR count). The van der Waals surface area contributed by atoms with E-state index in [1.807, 2.05) is 6.07 Å². The Morgan fingerprint density at radius 2 is 1.08 bits per heavy atom. The Hall–Kier alpha value is -0.972. The second kappa shape index (κ2) is 15.3. The molecule has 2 aliphatic heterocycles. The molecule has 39 heavy (non-hydrogen) atoms. The first-order valence-electron chi connectivity index (χ1n) is 13.8. The minimum absolute atomic E-state index is 0. The van der Waals surface area contributed by atoms with Gasteiger partial charge in [-0.15, -0.1) is 0 Å². The Labute approximate surface area is 259 Å². The van der Waals surface area contributed by atoms with Gasteiger partial charge < -0.3 is 20.1 Å². The van der Waals surface area contributed by atoms with Crippen molar-refractivity contribution in [2.45, 2.75) is 78.7 Å². The van der Waals surface area contributed by atoms with Gasteiger partial charge in [0.15, 0.2) is 0 Å². The van der Waals surface area contributed by atoms with Crippen LogP contribution in [0.5, 0.6) is 0 Å². The Bertz CT molecular complexity index is 882. The molecule has 6 nitrogen and oxygen atoms in total. The summed E-state index contributed by atoms with van der Waals surface area (Å²) in [5.74, 6) is 3.33. The molecule has 0 spiro atoms. The summed E-state index contributed by atoms with van der Waals surface area (Å²) in [7, 11) is 7.00. The molecule has 1 saturated carbocycles. The van der Waals surface area contributed by atoms with Crippen molar-refractivity contribution < 1.29 is 35.7 Å². The van der Waals surface area contributed by atoms with Crippen LogP contribution < -0.4 is 5.46 Å². The number of ether oxygens (including phenoxy) is 2. The summed E-state index contributed by atoms with van der Waals surface area (Å²) < 4.78 is 13.5. The van der Waals surface area contributed by atoms with Gasteiger partial charge in [0.2, 0.25) is 6.15 Å². The Kier molecular flexibility index (Phi) is 14.2. The van der Waals surface area contributed by atoms with Gasteiger partial charge in [-0.1, -0.05) is 70.9 Å². The van der Waals surface area contributed by atoms with Crippen molar-refractivity contribution in [3.05, 3.63) is 72.5 Å². The first kappa shape index (κ1) is 36.1. The third-order valence-corrected chi connectivity index (χ3v) is 7.18. The fourth-order valence-electron chi connectivity index (χ4n) is 5.89. The Morgan fingerprint density at radius 1 is 0.718 bits per heavy atom. The van der Waals surface area contributed by atoms with Crippen LogP contribution in [0.1, 0.15) is 55.4 Å². The van der Waals surface area contributed by atoms with E-state index in [2.05, 4.69) is 116 Å². The zero-order valence-corrected chi connectivity index (χ0v) is 28.6. The predicted molar refractivity (Wildman–Crippen MR) is 165 cm³/mol. The van der Waals surface area contributed by atoms with E-state index in [4.69, 9.17) is 19.5 Å². The van der Waals surface area contributed by atoms with Gasteiger partial charge in [0.1, 0.15) is 11.2 Å². The van der Waals surface area contributed by atoms with Crippen LogP contribution in [0.4, 0.5) is 0 Å². The van der Waals surface area contributed by atoms with Gasteiger partial charge in [0, 0.05) is 11.6 Å². The van der Waals surface area contributed by atoms with Crippen molar-refractivity contribution in [3.8, 4) is 0 Å². The third kappa shape index (κ3) is 7.86. The second-order valence-electron chi connectivity index (χ2n) is 12.1. The summed E-state index contributed by atoms with van der Waals surface area (Å²) in [6, 6.07) is 10.7. The van der Waals surface area contributed by atoms with Gasteiger partial charge in [-0.2, -0.15) is 39.5 Å². The molecular weight excluding hydrogens is 562 g/mol. The van der Waals surface area contributed by atoms with Crippen molar-refractivity contribution in [1.29, 1.82) is 0 Å². The maximum atomic E-state index is 6.76. The Morgan fingerprint density at radius 3 is 1.38 bits per heavy atom. The van der Waals surface area contributed by atoms with Gasteiger partial charge in [0.05, 0.1) is 12.1 Å². The predicted octanol–water partition coefficient (Wildman–Crippen LogP) is 6.07. The summed E-state index contributed by atoms with van der Waals surface area (Å²) in [6.07, 6.45) is 6.71. The monoisotopic (exact) mass is 610 g/mol. The smallest absolute Gasteiger partial charge is 0.668 e. The normalized spacial score (nSPS) is 23.4. The third-order valence-electron chi connectivity index (χ3n) is 7.18.